The Bertz CT molecular complexity index is 3740. The summed E-state index contributed by atoms with van der Waals surface area (Å²) in [5.74, 6) is 0. The lowest BCUT2D eigenvalue weighted by molar-refractivity contribution is 0.669. The van der Waals surface area contributed by atoms with E-state index in [4.69, 9.17) is 26.3 Å². The molecule has 1 heterocycles. The highest BCUT2D eigenvalue weighted by Crippen LogP contribution is 2.45. The van der Waals surface area contributed by atoms with E-state index in [2.05, 4.69) is 0 Å². The van der Waals surface area contributed by atoms with Crippen molar-refractivity contribution in [3.05, 3.63) is 168 Å². The Morgan fingerprint density at radius 1 is 0.404 bits per heavy atom. The maximum Gasteiger partial charge on any atom is 0.143 e. The first kappa shape index (κ1) is 13.1. The minimum atomic E-state index is -0.788. The van der Waals surface area contributed by atoms with Gasteiger partial charge in [0.2, 0.25) is 0 Å². The smallest absolute Gasteiger partial charge is 0.143 e. The van der Waals surface area contributed by atoms with Gasteiger partial charge >= 0.3 is 0 Å². The van der Waals surface area contributed by atoms with Gasteiger partial charge in [0.15, 0.2) is 0 Å². The van der Waals surface area contributed by atoms with Crippen LogP contribution in [0, 0.1) is 13.8 Å². The average molecular weight is 623 g/mol. The molecule has 9 rings (SSSR count). The minimum absolute atomic E-state index is 0.00700. The van der Waals surface area contributed by atoms with E-state index < -0.39 is 149 Å². The van der Waals surface area contributed by atoms with Crippen LogP contribution in [0.3, 0.4) is 0 Å². The van der Waals surface area contributed by atoms with E-state index in [1.54, 1.807) is 26.0 Å². The maximum absolute atomic E-state index is 9.26. The fourth-order valence-corrected chi connectivity index (χ4v) is 6.03. The van der Waals surface area contributed by atoms with E-state index in [0.717, 1.165) is 0 Å². The lowest BCUT2D eigenvalue weighted by Gasteiger charge is -2.18. The summed E-state index contributed by atoms with van der Waals surface area (Å²) in [4.78, 5) is 0. The minimum Gasteiger partial charge on any atom is -0.455 e. The van der Waals surface area contributed by atoms with Crippen molar-refractivity contribution in [3.8, 4) is 44.5 Å². The van der Waals surface area contributed by atoms with E-state index in [1.807, 2.05) is 0 Å². The third-order valence-corrected chi connectivity index (χ3v) is 8.27. The fraction of sp³-hybridized carbons (Fsp3) is 0.0435. The molecule has 0 saturated heterocycles. The van der Waals surface area contributed by atoms with Gasteiger partial charge < -0.3 is 4.42 Å². The number of hydrogen-bond donors (Lipinski definition) is 0. The Kier molecular flexibility index (Phi) is 3.02. The Morgan fingerprint density at radius 3 is 1.47 bits per heavy atom. The molecule has 8 aromatic carbocycles. The molecule has 0 aliphatic heterocycles. The third-order valence-electron chi connectivity index (χ3n) is 8.27. The molecular weight excluding hydrogens is 569 g/mol. The van der Waals surface area contributed by atoms with Crippen molar-refractivity contribution in [1.29, 1.82) is 0 Å². The second kappa shape index (κ2) is 10.9. The zero-order chi connectivity index (χ0) is 50.6. The summed E-state index contributed by atoms with van der Waals surface area (Å²) in [6, 6.07) is -8.70. The van der Waals surface area contributed by atoms with Gasteiger partial charge in [0.05, 0.1) is 30.2 Å². The standard InChI is InChI=1S/C46H32O/c1-29-27-41-36-26-25-35(31-13-5-3-6-14-31)28-42(36)47-46(41)43(30(29)2)33-21-23-34(24-22-33)45-39-19-11-9-17-37(39)44(32-15-7-4-8-16-32)38-18-10-12-20-40(38)45/h3-28H,1-2H3/i3D,4D,5D,6D,7D,8D,9D,10D,11D,12D,13D,14D,15D,16D,17D,18D,19D,20D,25D,26D,27D,28D. The van der Waals surface area contributed by atoms with Crippen molar-refractivity contribution in [2.75, 3.05) is 0 Å². The van der Waals surface area contributed by atoms with Crippen molar-refractivity contribution >= 4 is 43.5 Å². The number of fused-ring (bicyclic) bond motifs is 5. The van der Waals surface area contributed by atoms with E-state index in [1.165, 1.54) is 12.1 Å². The zero-order valence-corrected chi connectivity index (χ0v) is 24.7. The van der Waals surface area contributed by atoms with Gasteiger partial charge in [-0.15, -0.1) is 0 Å². The zero-order valence-electron chi connectivity index (χ0n) is 46.7. The summed E-state index contributed by atoms with van der Waals surface area (Å²) in [7, 11) is 0. The average Bonchev–Trinajstić information content (AvgIpc) is 3.73. The molecule has 0 spiro atoms. The molecule has 0 N–H and O–H groups in total. The SMILES string of the molecule is [2H]c1c([2H])c([2H])c(-c2c([2H])c([2H])c3c(oc4c(-c5ccc(-c6c7c([2H])c([2H])c([2H])c([2H])c7c(-c7c([2H])c([2H])c([2H])c([2H])c7[2H])c7c([2H])c([2H])c([2H])c([2H])c67)cc5)c(C)c(C)c([2H])c43)c2[2H])c([2H])c1[2H]. The highest BCUT2D eigenvalue weighted by Gasteiger charge is 2.19. The molecule has 0 bridgehead atoms. The normalized spacial score (nSPS) is 18.2. The fourth-order valence-electron chi connectivity index (χ4n) is 6.03. The number of rotatable bonds is 4. The topological polar surface area (TPSA) is 13.1 Å². The summed E-state index contributed by atoms with van der Waals surface area (Å²) >= 11 is 0. The van der Waals surface area contributed by atoms with Crippen LogP contribution in [0.1, 0.15) is 41.3 Å². The molecule has 0 unspecified atom stereocenters. The first-order valence-electron chi connectivity index (χ1n) is 25.5. The van der Waals surface area contributed by atoms with Crippen LogP contribution in [-0.4, -0.2) is 0 Å². The van der Waals surface area contributed by atoms with Gasteiger partial charge in [-0.05, 0) is 104 Å². The van der Waals surface area contributed by atoms with Crippen molar-refractivity contribution < 1.29 is 34.6 Å². The van der Waals surface area contributed by atoms with Crippen LogP contribution in [-0.2, 0) is 0 Å². The first-order chi connectivity index (χ1) is 32.3. The summed E-state index contributed by atoms with van der Waals surface area (Å²) < 4.78 is 199. The highest BCUT2D eigenvalue weighted by atomic mass is 16.3. The van der Waals surface area contributed by atoms with Crippen LogP contribution >= 0.6 is 0 Å². The lowest BCUT2D eigenvalue weighted by atomic mass is 9.85. The van der Waals surface area contributed by atoms with Crippen molar-refractivity contribution in [2.45, 2.75) is 13.8 Å². The van der Waals surface area contributed by atoms with Crippen LogP contribution in [0.15, 0.2) is 162 Å². The number of hydrogen-bond acceptors (Lipinski definition) is 1. The Morgan fingerprint density at radius 2 is 0.894 bits per heavy atom. The monoisotopic (exact) mass is 622 g/mol. The van der Waals surface area contributed by atoms with E-state index in [9.17, 15) is 8.22 Å². The molecule has 0 aliphatic rings. The highest BCUT2D eigenvalue weighted by molar-refractivity contribution is 6.21. The van der Waals surface area contributed by atoms with Crippen LogP contribution in [0.4, 0.5) is 0 Å². The molecule has 47 heavy (non-hydrogen) atoms. The number of benzene rings is 8. The molecule has 0 atom stereocenters. The molecule has 1 aromatic heterocycles. The summed E-state index contributed by atoms with van der Waals surface area (Å²) in [5.41, 5.74) is -0.414. The van der Waals surface area contributed by atoms with Crippen LogP contribution in [0.5, 0.6) is 0 Å². The molecule has 222 valence electrons. The molecule has 1 heteroatoms. The molecule has 1 nitrogen and oxygen atoms in total. The predicted octanol–water partition coefficient (Wildman–Crippen LogP) is 13.2. The van der Waals surface area contributed by atoms with Crippen LogP contribution in [0.2, 0.25) is 0 Å². The van der Waals surface area contributed by atoms with Gasteiger partial charge in [0.1, 0.15) is 11.2 Å². The van der Waals surface area contributed by atoms with Crippen molar-refractivity contribution in [2.24, 2.45) is 0 Å². The Balaban J connectivity index is 1.39. The maximum atomic E-state index is 9.26. The third kappa shape index (κ3) is 4.39. The van der Waals surface area contributed by atoms with Crippen molar-refractivity contribution in [3.63, 3.8) is 0 Å². The second-order valence-corrected chi connectivity index (χ2v) is 10.8. The van der Waals surface area contributed by atoms with Crippen LogP contribution in [0.25, 0.3) is 88.0 Å². The molecule has 0 fully saturated rings. The Labute approximate surface area is 305 Å². The number of furan rings is 1. The summed E-state index contributed by atoms with van der Waals surface area (Å²) in [6.45, 7) is 3.35. The molecule has 9 aromatic rings. The molecule has 0 radical (unpaired) electrons. The molecule has 0 amide bonds. The molecule has 0 aliphatic carbocycles. The quantitative estimate of drug-likeness (QED) is 0.178. The second-order valence-electron chi connectivity index (χ2n) is 10.8. The molecule has 0 saturated carbocycles. The van der Waals surface area contributed by atoms with Crippen LogP contribution < -0.4 is 0 Å². The van der Waals surface area contributed by atoms with E-state index in [0.29, 0.717) is 22.3 Å². The van der Waals surface area contributed by atoms with Gasteiger partial charge in [-0.2, -0.15) is 0 Å². The van der Waals surface area contributed by atoms with Gasteiger partial charge in [-0.3, -0.25) is 0 Å². The Hall–Kier alpha value is -5.92. The lowest BCUT2D eigenvalue weighted by Crippen LogP contribution is -1.92. The van der Waals surface area contributed by atoms with Crippen molar-refractivity contribution in [1.82, 2.24) is 0 Å². The first-order valence-corrected chi connectivity index (χ1v) is 14.5. The van der Waals surface area contributed by atoms with E-state index in [-0.39, 0.29) is 60.7 Å². The van der Waals surface area contributed by atoms with Gasteiger partial charge in [0.25, 0.3) is 0 Å². The van der Waals surface area contributed by atoms with Gasteiger partial charge in [0, 0.05) is 16.3 Å². The largest absolute Gasteiger partial charge is 0.455 e. The summed E-state index contributed by atoms with van der Waals surface area (Å²) in [6.07, 6.45) is 0. The van der Waals surface area contributed by atoms with Gasteiger partial charge in [-0.1, -0.05) is 139 Å². The van der Waals surface area contributed by atoms with Gasteiger partial charge in [-0.25, -0.2) is 0 Å². The molecular formula is C46H32O. The van der Waals surface area contributed by atoms with E-state index >= 15 is 0 Å². The summed E-state index contributed by atoms with van der Waals surface area (Å²) in [5, 5.41) is -1.32. The predicted molar refractivity (Wildman–Crippen MR) is 200 cm³/mol.